The van der Waals surface area contributed by atoms with Crippen LogP contribution in [-0.2, 0) is 17.6 Å². The summed E-state index contributed by atoms with van der Waals surface area (Å²) in [5.41, 5.74) is 8.21. The van der Waals surface area contributed by atoms with E-state index in [1.165, 1.54) is 0 Å². The Kier molecular flexibility index (Phi) is 4.25. The molecule has 0 spiro atoms. The summed E-state index contributed by atoms with van der Waals surface area (Å²) in [7, 11) is 0. The lowest BCUT2D eigenvalue weighted by molar-refractivity contribution is -0.136. The molecule has 0 aliphatic carbocycles. The summed E-state index contributed by atoms with van der Waals surface area (Å²) in [6, 6.07) is 7.61. The summed E-state index contributed by atoms with van der Waals surface area (Å²) in [6.45, 7) is 0.548. The highest BCUT2D eigenvalue weighted by molar-refractivity contribution is 5.67. The zero-order chi connectivity index (χ0) is 13.7. The molecule has 0 aliphatic heterocycles. The number of aryl methyl sites for hydroxylation is 1. The largest absolute Gasteiger partial charge is 0.481 e. The van der Waals surface area contributed by atoms with Gasteiger partial charge in [-0.05, 0) is 30.7 Å². The van der Waals surface area contributed by atoms with Crippen LogP contribution in [0.3, 0.4) is 0 Å². The van der Waals surface area contributed by atoms with E-state index >= 15 is 0 Å². The van der Waals surface area contributed by atoms with Gasteiger partial charge in [-0.3, -0.25) is 4.79 Å². The van der Waals surface area contributed by atoms with Crippen molar-refractivity contribution in [2.24, 2.45) is 5.73 Å². The molecule has 1 aromatic heterocycles. The van der Waals surface area contributed by atoms with Gasteiger partial charge in [0, 0.05) is 12.8 Å². The summed E-state index contributed by atoms with van der Waals surface area (Å²) in [5.74, 6) is -0.785. The molecule has 0 radical (unpaired) electrons. The summed E-state index contributed by atoms with van der Waals surface area (Å²) >= 11 is 0. The van der Waals surface area contributed by atoms with Crippen LogP contribution in [0.25, 0.3) is 5.69 Å². The summed E-state index contributed by atoms with van der Waals surface area (Å²) in [4.78, 5) is 10.5. The molecular formula is C13H16N4O2. The minimum Gasteiger partial charge on any atom is -0.481 e. The molecule has 0 saturated carbocycles. The van der Waals surface area contributed by atoms with Crippen LogP contribution in [0.2, 0.25) is 0 Å². The van der Waals surface area contributed by atoms with Crippen molar-refractivity contribution in [3.05, 3.63) is 41.7 Å². The second kappa shape index (κ2) is 6.10. The number of nitrogens with zero attached hydrogens (tertiary/aromatic N) is 3. The van der Waals surface area contributed by atoms with E-state index < -0.39 is 5.97 Å². The van der Waals surface area contributed by atoms with Gasteiger partial charge in [0.25, 0.3) is 0 Å². The van der Waals surface area contributed by atoms with Crippen LogP contribution in [0, 0.1) is 0 Å². The van der Waals surface area contributed by atoms with Crippen molar-refractivity contribution in [1.82, 2.24) is 15.0 Å². The van der Waals surface area contributed by atoms with E-state index in [0.29, 0.717) is 19.4 Å². The van der Waals surface area contributed by atoms with Gasteiger partial charge in [0.1, 0.15) is 0 Å². The maximum absolute atomic E-state index is 10.5. The highest BCUT2D eigenvalue weighted by Crippen LogP contribution is 2.10. The molecule has 1 heterocycles. The van der Waals surface area contributed by atoms with Crippen LogP contribution in [-0.4, -0.2) is 32.6 Å². The fraction of sp³-hybridized carbons (Fsp3) is 0.308. The third-order valence-electron chi connectivity index (χ3n) is 2.77. The average molecular weight is 260 g/mol. The fourth-order valence-electron chi connectivity index (χ4n) is 1.75. The molecule has 0 bridgehead atoms. The summed E-state index contributed by atoms with van der Waals surface area (Å²) in [6.07, 6.45) is 3.23. The molecule has 6 nitrogen and oxygen atoms in total. The second-order valence-electron chi connectivity index (χ2n) is 4.25. The lowest BCUT2D eigenvalue weighted by Gasteiger charge is -2.02. The van der Waals surface area contributed by atoms with Crippen molar-refractivity contribution in [1.29, 1.82) is 0 Å². The molecule has 0 fully saturated rings. The first-order valence-corrected chi connectivity index (χ1v) is 6.11. The molecule has 6 heteroatoms. The van der Waals surface area contributed by atoms with E-state index in [2.05, 4.69) is 10.3 Å². The molecule has 100 valence electrons. The van der Waals surface area contributed by atoms with E-state index in [9.17, 15) is 4.79 Å². The third-order valence-corrected chi connectivity index (χ3v) is 2.77. The molecule has 3 N–H and O–H groups in total. The van der Waals surface area contributed by atoms with Gasteiger partial charge >= 0.3 is 5.97 Å². The fourth-order valence-corrected chi connectivity index (χ4v) is 1.75. The number of nitrogens with two attached hydrogens (primary N) is 1. The van der Waals surface area contributed by atoms with E-state index in [0.717, 1.165) is 16.9 Å². The number of aliphatic carboxylic acids is 1. The first kappa shape index (κ1) is 13.2. The standard InChI is InChI=1S/C13H16N4O2/c14-8-7-11-9-17(16-15-11)12-4-1-10(2-5-12)3-6-13(18)19/h1-2,4-5,9H,3,6-8,14H2,(H,18,19). The van der Waals surface area contributed by atoms with Crippen molar-refractivity contribution >= 4 is 5.97 Å². The zero-order valence-electron chi connectivity index (χ0n) is 10.5. The highest BCUT2D eigenvalue weighted by Gasteiger charge is 2.03. The summed E-state index contributed by atoms with van der Waals surface area (Å²) in [5, 5.41) is 16.7. The predicted molar refractivity (Wildman–Crippen MR) is 70.1 cm³/mol. The van der Waals surface area contributed by atoms with Gasteiger partial charge in [-0.1, -0.05) is 17.3 Å². The van der Waals surface area contributed by atoms with Crippen LogP contribution >= 0.6 is 0 Å². The average Bonchev–Trinajstić information content (AvgIpc) is 2.86. The maximum atomic E-state index is 10.5. The van der Waals surface area contributed by atoms with Crippen molar-refractivity contribution in [2.75, 3.05) is 6.54 Å². The maximum Gasteiger partial charge on any atom is 0.303 e. The molecular weight excluding hydrogens is 244 g/mol. The van der Waals surface area contributed by atoms with E-state index in [1.54, 1.807) is 4.68 Å². The van der Waals surface area contributed by atoms with E-state index in [-0.39, 0.29) is 6.42 Å². The Balaban J connectivity index is 2.06. The van der Waals surface area contributed by atoms with Crippen LogP contribution in [0.15, 0.2) is 30.5 Å². The minimum atomic E-state index is -0.785. The second-order valence-corrected chi connectivity index (χ2v) is 4.25. The van der Waals surface area contributed by atoms with Gasteiger partial charge in [-0.25, -0.2) is 4.68 Å². The zero-order valence-corrected chi connectivity index (χ0v) is 10.5. The molecule has 2 aromatic rings. The van der Waals surface area contributed by atoms with E-state index in [4.69, 9.17) is 10.8 Å². The van der Waals surface area contributed by atoms with Gasteiger partial charge in [0.2, 0.25) is 0 Å². The number of carboxylic acids is 1. The van der Waals surface area contributed by atoms with Crippen LogP contribution in [0.4, 0.5) is 0 Å². The molecule has 0 amide bonds. The molecule has 19 heavy (non-hydrogen) atoms. The smallest absolute Gasteiger partial charge is 0.303 e. The Bertz CT molecular complexity index is 548. The number of benzene rings is 1. The minimum absolute atomic E-state index is 0.142. The number of hydrogen-bond donors (Lipinski definition) is 2. The molecule has 1 aromatic carbocycles. The SMILES string of the molecule is NCCc1cn(-c2ccc(CCC(=O)O)cc2)nn1. The van der Waals surface area contributed by atoms with Gasteiger partial charge in [-0.15, -0.1) is 5.10 Å². The van der Waals surface area contributed by atoms with Crippen molar-refractivity contribution in [2.45, 2.75) is 19.3 Å². The van der Waals surface area contributed by atoms with E-state index in [1.807, 2.05) is 30.5 Å². The highest BCUT2D eigenvalue weighted by atomic mass is 16.4. The van der Waals surface area contributed by atoms with Gasteiger partial charge in [0.15, 0.2) is 0 Å². The van der Waals surface area contributed by atoms with Crippen LogP contribution in [0.1, 0.15) is 17.7 Å². The summed E-state index contributed by atoms with van der Waals surface area (Å²) < 4.78 is 1.69. The van der Waals surface area contributed by atoms with Gasteiger partial charge in [0.05, 0.1) is 17.6 Å². The van der Waals surface area contributed by atoms with Crippen molar-refractivity contribution in [3.63, 3.8) is 0 Å². The first-order chi connectivity index (χ1) is 9.19. The van der Waals surface area contributed by atoms with Crippen molar-refractivity contribution < 1.29 is 9.90 Å². The Morgan fingerprint density at radius 3 is 2.63 bits per heavy atom. The lowest BCUT2D eigenvalue weighted by Crippen LogP contribution is -2.02. The van der Waals surface area contributed by atoms with Crippen LogP contribution in [0.5, 0.6) is 0 Å². The Hall–Kier alpha value is -2.21. The number of hydrogen-bond acceptors (Lipinski definition) is 4. The van der Waals surface area contributed by atoms with Crippen molar-refractivity contribution in [3.8, 4) is 5.69 Å². The molecule has 0 saturated heterocycles. The molecule has 2 rings (SSSR count). The third kappa shape index (κ3) is 3.62. The number of carboxylic acid groups (broad SMARTS) is 1. The van der Waals surface area contributed by atoms with Gasteiger partial charge in [-0.2, -0.15) is 0 Å². The molecule has 0 aliphatic rings. The lowest BCUT2D eigenvalue weighted by atomic mass is 10.1. The monoisotopic (exact) mass is 260 g/mol. The molecule has 0 unspecified atom stereocenters. The Labute approximate surface area is 110 Å². The topological polar surface area (TPSA) is 94.0 Å². The van der Waals surface area contributed by atoms with Gasteiger partial charge < -0.3 is 10.8 Å². The number of aromatic nitrogens is 3. The number of rotatable bonds is 6. The number of carbonyl (C=O) groups is 1. The first-order valence-electron chi connectivity index (χ1n) is 6.11. The normalized spacial score (nSPS) is 10.6. The predicted octanol–water partition coefficient (Wildman–Crippen LogP) is 0.786. The molecule has 0 atom stereocenters. The Morgan fingerprint density at radius 1 is 1.26 bits per heavy atom. The Morgan fingerprint density at radius 2 is 2.00 bits per heavy atom. The quantitative estimate of drug-likeness (QED) is 0.800. The van der Waals surface area contributed by atoms with Crippen LogP contribution < -0.4 is 5.73 Å².